The quantitative estimate of drug-likeness (QED) is 0.293. The summed E-state index contributed by atoms with van der Waals surface area (Å²) in [5.41, 5.74) is 5.42. The van der Waals surface area contributed by atoms with Crippen LogP contribution in [0.4, 0.5) is 0 Å². The Kier molecular flexibility index (Phi) is 38.2. The average Bonchev–Trinajstić information content (AvgIpc) is 2.71. The number of hydrogen-bond acceptors (Lipinski definition) is 0. The second-order valence-electron chi connectivity index (χ2n) is 5.20. The predicted octanol–water partition coefficient (Wildman–Crippen LogP) is 10.1. The minimum Gasteiger partial charge on any atom is -0.0683 e. The van der Waals surface area contributed by atoms with Crippen LogP contribution >= 0.6 is 37.2 Å². The second-order valence-corrected chi connectivity index (χ2v) is 5.20. The maximum Gasteiger partial charge on any atom is 0 e. The smallest absolute Gasteiger partial charge is 0 e. The van der Waals surface area contributed by atoms with Gasteiger partial charge in [-0.1, -0.05) is 120 Å². The van der Waals surface area contributed by atoms with Crippen molar-refractivity contribution in [3.63, 3.8) is 0 Å². The van der Waals surface area contributed by atoms with Crippen molar-refractivity contribution in [3.05, 3.63) is 70.8 Å². The van der Waals surface area contributed by atoms with Gasteiger partial charge in [-0.3, -0.25) is 0 Å². The fourth-order valence-electron chi connectivity index (χ4n) is 1.46. The number of aryl methyl sites for hydroxylation is 4. The molecule has 0 nitrogen and oxygen atoms in total. The molecule has 0 aliphatic carbocycles. The highest BCUT2D eigenvalue weighted by molar-refractivity contribution is 15.0. The molecule has 0 saturated carbocycles. The summed E-state index contributed by atoms with van der Waals surface area (Å²) in [6.45, 7) is 20.7. The van der Waals surface area contributed by atoms with Crippen LogP contribution in [0.5, 0.6) is 0 Å². The lowest BCUT2D eigenvalue weighted by Crippen LogP contribution is -1.77. The molecular formula is C24H42I2. The molecule has 0 amide bonds. The molecular weight excluding hydrogens is 542 g/mol. The van der Waals surface area contributed by atoms with E-state index in [0.29, 0.717) is 0 Å². The van der Waals surface area contributed by atoms with E-state index in [9.17, 15) is 0 Å². The minimum absolute atomic E-state index is 1.14. The van der Waals surface area contributed by atoms with E-state index in [0.717, 1.165) is 6.42 Å². The van der Waals surface area contributed by atoms with E-state index in [4.69, 9.17) is 0 Å². The molecule has 0 saturated heterocycles. The molecule has 0 aliphatic rings. The summed E-state index contributed by atoms with van der Waals surface area (Å²) in [4.78, 5) is 0. The van der Waals surface area contributed by atoms with E-state index in [2.05, 4.69) is 127 Å². The zero-order valence-corrected chi connectivity index (χ0v) is 23.1. The number of halogens is 2. The van der Waals surface area contributed by atoms with Crippen LogP contribution in [0, 0.1) is 20.8 Å². The maximum atomic E-state index is 2.18. The Bertz CT molecular complexity index is 424. The lowest BCUT2D eigenvalue weighted by molar-refractivity contribution is 1.09. The van der Waals surface area contributed by atoms with Crippen LogP contribution in [0.2, 0.25) is 0 Å². The first-order valence-corrected chi connectivity index (χ1v) is 16.0. The van der Waals surface area contributed by atoms with Gasteiger partial charge in [0.05, 0.1) is 0 Å². The van der Waals surface area contributed by atoms with Crippen molar-refractivity contribution in [1.29, 1.82) is 0 Å². The van der Waals surface area contributed by atoms with Crippen molar-refractivity contribution in [1.82, 2.24) is 0 Å². The first-order chi connectivity index (χ1) is 12.5. The van der Waals surface area contributed by atoms with Gasteiger partial charge in [-0.25, -0.2) is 0 Å². The summed E-state index contributed by atoms with van der Waals surface area (Å²) in [6.07, 6.45) is 2.39. The fourth-order valence-corrected chi connectivity index (χ4v) is 1.46. The van der Waals surface area contributed by atoms with Crippen molar-refractivity contribution >= 4 is 37.2 Å². The zero-order valence-electron chi connectivity index (χ0n) is 18.8. The molecule has 0 unspecified atom stereocenters. The summed E-state index contributed by atoms with van der Waals surface area (Å²) in [5, 5.41) is 0. The molecule has 2 aromatic carbocycles. The van der Waals surface area contributed by atoms with Gasteiger partial charge < -0.3 is 0 Å². The lowest BCUT2D eigenvalue weighted by Gasteiger charge is -1.94. The van der Waals surface area contributed by atoms with E-state index in [1.54, 1.807) is 0 Å². The largest absolute Gasteiger partial charge is 0.0683 e. The van der Waals surface area contributed by atoms with E-state index in [-0.39, 0.29) is 0 Å². The van der Waals surface area contributed by atoms with Crippen LogP contribution in [0.15, 0.2) is 48.5 Å². The Morgan fingerprint density at radius 1 is 0.538 bits per heavy atom. The number of rotatable bonds is 1. The Hall–Kier alpha value is -0.1000. The first-order valence-electron chi connectivity index (χ1n) is 9.76. The molecule has 0 aliphatic heterocycles. The highest BCUT2D eigenvalue weighted by atomic mass is 128. The third kappa shape index (κ3) is 26.1. The molecule has 0 heterocycles. The Morgan fingerprint density at radius 3 is 0.923 bits per heavy atom. The molecule has 2 aromatic rings. The van der Waals surface area contributed by atoms with Crippen LogP contribution in [0.25, 0.3) is 0 Å². The maximum absolute atomic E-state index is 2.18. The second kappa shape index (κ2) is 29.7. The van der Waals surface area contributed by atoms with Crippen LogP contribution in [-0.4, -0.2) is 0 Å². The summed E-state index contributed by atoms with van der Waals surface area (Å²) in [7, 11) is 0. The average molecular weight is 584 g/mol. The third-order valence-corrected chi connectivity index (χ3v) is 2.75. The van der Waals surface area contributed by atoms with E-state index in [1.807, 2.05) is 27.7 Å². The summed E-state index contributed by atoms with van der Waals surface area (Å²) >= 11 is 4.24. The highest BCUT2D eigenvalue weighted by Gasteiger charge is 1.84. The van der Waals surface area contributed by atoms with E-state index < -0.39 is 0 Å². The van der Waals surface area contributed by atoms with Crippen molar-refractivity contribution in [2.75, 3.05) is 0 Å². The molecule has 152 valence electrons. The van der Waals surface area contributed by atoms with Gasteiger partial charge in [-0.15, -0.1) is 0 Å². The summed E-state index contributed by atoms with van der Waals surface area (Å²) in [6, 6.07) is 17.1. The summed E-state index contributed by atoms with van der Waals surface area (Å²) in [5.74, 6) is 0. The number of benzene rings is 2. The lowest BCUT2D eigenvalue weighted by atomic mass is 10.1. The molecule has 0 atom stereocenters. The predicted molar refractivity (Wildman–Crippen MR) is 143 cm³/mol. The molecule has 2 rings (SSSR count). The summed E-state index contributed by atoms with van der Waals surface area (Å²) < 4.78 is 0. The molecule has 0 radical (unpaired) electrons. The monoisotopic (exact) mass is 584 g/mol. The van der Waals surface area contributed by atoms with Crippen molar-refractivity contribution in [2.45, 2.75) is 82.1 Å². The van der Waals surface area contributed by atoms with Gasteiger partial charge in [0, 0.05) is 37.2 Å². The Labute approximate surface area is 188 Å². The van der Waals surface area contributed by atoms with Crippen LogP contribution in [0.3, 0.4) is 0 Å². The molecule has 0 spiro atoms. The normalized spacial score (nSPS) is 7.54. The van der Waals surface area contributed by atoms with Crippen molar-refractivity contribution in [2.24, 2.45) is 0 Å². The van der Waals surface area contributed by atoms with Crippen molar-refractivity contribution < 1.29 is 0 Å². The molecule has 0 N–H and O–H groups in total. The van der Waals surface area contributed by atoms with Crippen LogP contribution in [0.1, 0.15) is 77.1 Å². The molecule has 0 bridgehead atoms. The van der Waals surface area contributed by atoms with Crippen LogP contribution in [-0.2, 0) is 6.42 Å². The SMILES string of the molecule is CC.CC.CCC.CCc1ccc(C)cc1.Cc1ccc(C)cc1.II. The topological polar surface area (TPSA) is 0 Å². The van der Waals surface area contributed by atoms with Gasteiger partial charge in [-0.05, 0) is 32.8 Å². The van der Waals surface area contributed by atoms with Crippen LogP contribution < -0.4 is 0 Å². The zero-order chi connectivity index (χ0) is 21.4. The molecule has 26 heavy (non-hydrogen) atoms. The molecule has 0 fully saturated rings. The first kappa shape index (κ1) is 33.5. The molecule has 2 heteroatoms. The minimum atomic E-state index is 1.14. The highest BCUT2D eigenvalue weighted by Crippen LogP contribution is 2.02. The van der Waals surface area contributed by atoms with E-state index >= 15 is 0 Å². The van der Waals surface area contributed by atoms with Gasteiger partial charge in [0.25, 0.3) is 0 Å². The third-order valence-electron chi connectivity index (χ3n) is 2.75. The van der Waals surface area contributed by atoms with Gasteiger partial charge in [0.2, 0.25) is 0 Å². The van der Waals surface area contributed by atoms with Gasteiger partial charge in [0.1, 0.15) is 0 Å². The van der Waals surface area contributed by atoms with E-state index in [1.165, 1.54) is 28.7 Å². The van der Waals surface area contributed by atoms with Gasteiger partial charge in [0.15, 0.2) is 0 Å². The fraction of sp³-hybridized carbons (Fsp3) is 0.500. The Balaban J connectivity index is -0.000000130. The van der Waals surface area contributed by atoms with Gasteiger partial charge in [-0.2, -0.15) is 0 Å². The van der Waals surface area contributed by atoms with Gasteiger partial charge >= 0.3 is 0 Å². The Morgan fingerprint density at radius 2 is 0.731 bits per heavy atom. The van der Waals surface area contributed by atoms with Crippen molar-refractivity contribution in [3.8, 4) is 0 Å². The molecule has 0 aromatic heterocycles. The standard InChI is InChI=1S/C9H12.C8H10.C3H8.2C2H6.I2/c1-3-9-6-4-8(2)5-7-9;1-7-3-5-8(2)6-4-7;1-3-2;3*1-2/h4-7H,3H2,1-2H3;3-6H,1-2H3;3H2,1-2H3;2*1-2H3;. The number of hydrogen-bond donors (Lipinski definition) is 0.